The smallest absolute Gasteiger partial charge is 0.250 e. The first-order valence-electron chi connectivity index (χ1n) is 9.24. The molecule has 0 spiro atoms. The van der Waals surface area contributed by atoms with Crippen LogP contribution >= 0.6 is 12.2 Å². The molecule has 2 amide bonds. The third-order valence-electron chi connectivity index (χ3n) is 4.33. The number of hydrogen-bond acceptors (Lipinski definition) is 4. The average Bonchev–Trinajstić information content (AvgIpc) is 2.77. The minimum Gasteiger partial charge on any atom is -0.497 e. The predicted molar refractivity (Wildman–Crippen MR) is 122 cm³/mol. The number of ether oxygens (including phenoxy) is 1. The number of thiocarbonyl (C=S) groups is 1. The summed E-state index contributed by atoms with van der Waals surface area (Å²) in [4.78, 5) is 24.2. The zero-order valence-electron chi connectivity index (χ0n) is 16.3. The van der Waals surface area contributed by atoms with Gasteiger partial charge in [0.05, 0.1) is 13.5 Å². The second-order valence-electron chi connectivity index (χ2n) is 6.41. The topological polar surface area (TPSA) is 79.5 Å². The zero-order valence-corrected chi connectivity index (χ0v) is 17.2. The molecule has 7 heteroatoms. The maximum atomic E-state index is 12.2. The molecule has 0 aliphatic rings. The largest absolute Gasteiger partial charge is 0.497 e. The number of hydrazine groups is 1. The van der Waals surface area contributed by atoms with Gasteiger partial charge in [0.15, 0.2) is 5.11 Å². The summed E-state index contributed by atoms with van der Waals surface area (Å²) < 4.78 is 5.09. The molecule has 0 bridgehead atoms. The fourth-order valence-corrected chi connectivity index (χ4v) is 3.01. The highest BCUT2D eigenvalue weighted by Gasteiger charge is 2.08. The van der Waals surface area contributed by atoms with Gasteiger partial charge in [0.2, 0.25) is 11.8 Å². The van der Waals surface area contributed by atoms with Crippen LogP contribution < -0.4 is 20.9 Å². The summed E-state index contributed by atoms with van der Waals surface area (Å²) in [6.45, 7) is 0. The normalized spacial score (nSPS) is 10.6. The van der Waals surface area contributed by atoms with Gasteiger partial charge in [0.1, 0.15) is 5.75 Å². The second-order valence-corrected chi connectivity index (χ2v) is 6.82. The van der Waals surface area contributed by atoms with Crippen molar-refractivity contribution in [2.24, 2.45) is 0 Å². The van der Waals surface area contributed by atoms with Crippen molar-refractivity contribution in [2.75, 3.05) is 7.11 Å². The van der Waals surface area contributed by atoms with E-state index < -0.39 is 5.91 Å². The Labute approximate surface area is 179 Å². The number of carbonyl (C=O) groups is 2. The molecular formula is C23H21N3O3S. The van der Waals surface area contributed by atoms with Gasteiger partial charge in [-0.25, -0.2) is 0 Å². The summed E-state index contributed by atoms with van der Waals surface area (Å²) in [6, 6.07) is 20.9. The van der Waals surface area contributed by atoms with Gasteiger partial charge in [0, 0.05) is 6.08 Å². The lowest BCUT2D eigenvalue weighted by Crippen LogP contribution is -2.48. The van der Waals surface area contributed by atoms with Gasteiger partial charge >= 0.3 is 0 Å². The summed E-state index contributed by atoms with van der Waals surface area (Å²) in [5, 5.41) is 4.58. The van der Waals surface area contributed by atoms with Crippen LogP contribution in [-0.4, -0.2) is 24.0 Å². The Balaban J connectivity index is 1.47. The van der Waals surface area contributed by atoms with E-state index in [9.17, 15) is 9.59 Å². The van der Waals surface area contributed by atoms with Crippen LogP contribution in [0.3, 0.4) is 0 Å². The van der Waals surface area contributed by atoms with Crippen LogP contribution in [0.25, 0.3) is 16.8 Å². The van der Waals surface area contributed by atoms with Crippen LogP contribution in [0, 0.1) is 0 Å². The summed E-state index contributed by atoms with van der Waals surface area (Å²) in [5.74, 6) is 0.0598. The highest BCUT2D eigenvalue weighted by Crippen LogP contribution is 2.18. The van der Waals surface area contributed by atoms with Crippen LogP contribution in [0.5, 0.6) is 5.75 Å². The van der Waals surface area contributed by atoms with Crippen molar-refractivity contribution in [1.29, 1.82) is 0 Å². The van der Waals surface area contributed by atoms with Crippen molar-refractivity contribution in [3.8, 4) is 5.75 Å². The van der Waals surface area contributed by atoms with E-state index in [1.165, 1.54) is 6.08 Å². The Kier molecular flexibility index (Phi) is 7.13. The number of nitrogens with one attached hydrogen (secondary N) is 3. The van der Waals surface area contributed by atoms with E-state index in [4.69, 9.17) is 17.0 Å². The van der Waals surface area contributed by atoms with Crippen LogP contribution in [0.4, 0.5) is 0 Å². The summed E-state index contributed by atoms with van der Waals surface area (Å²) in [7, 11) is 1.59. The first-order valence-corrected chi connectivity index (χ1v) is 9.64. The summed E-state index contributed by atoms with van der Waals surface area (Å²) in [5.41, 5.74) is 6.80. The SMILES string of the molecule is COc1ccc(C=CC(=O)NC(=S)NNC(=O)Cc2cccc3ccccc23)cc1. The lowest BCUT2D eigenvalue weighted by molar-refractivity contribution is -0.121. The molecule has 3 aromatic rings. The Morgan fingerprint density at radius 1 is 0.967 bits per heavy atom. The highest BCUT2D eigenvalue weighted by molar-refractivity contribution is 7.80. The van der Waals surface area contributed by atoms with E-state index >= 15 is 0 Å². The van der Waals surface area contributed by atoms with E-state index in [0.717, 1.165) is 27.6 Å². The van der Waals surface area contributed by atoms with Gasteiger partial charge in [-0.2, -0.15) is 0 Å². The molecule has 0 unspecified atom stereocenters. The first-order chi connectivity index (χ1) is 14.5. The minimum absolute atomic E-state index is 0.00523. The number of methoxy groups -OCH3 is 1. The number of hydrogen-bond donors (Lipinski definition) is 3. The van der Waals surface area contributed by atoms with Gasteiger partial charge in [-0.1, -0.05) is 54.6 Å². The Hall–Kier alpha value is -3.71. The van der Waals surface area contributed by atoms with Crippen molar-refractivity contribution in [1.82, 2.24) is 16.2 Å². The molecule has 6 nitrogen and oxygen atoms in total. The molecule has 0 saturated carbocycles. The van der Waals surface area contributed by atoms with Gasteiger partial charge in [0.25, 0.3) is 0 Å². The molecule has 3 aromatic carbocycles. The minimum atomic E-state index is -0.411. The number of amides is 2. The molecule has 0 atom stereocenters. The molecule has 0 aromatic heterocycles. The first kappa shape index (κ1) is 21.0. The van der Waals surface area contributed by atoms with Crippen molar-refractivity contribution < 1.29 is 14.3 Å². The molecule has 0 fully saturated rings. The number of fused-ring (bicyclic) bond motifs is 1. The van der Waals surface area contributed by atoms with E-state index in [1.807, 2.05) is 54.6 Å². The molecule has 0 aliphatic carbocycles. The average molecular weight is 420 g/mol. The van der Waals surface area contributed by atoms with E-state index in [1.54, 1.807) is 25.3 Å². The van der Waals surface area contributed by atoms with E-state index in [0.29, 0.717) is 0 Å². The fourth-order valence-electron chi connectivity index (χ4n) is 2.86. The van der Waals surface area contributed by atoms with Crippen LogP contribution in [0.1, 0.15) is 11.1 Å². The maximum Gasteiger partial charge on any atom is 0.250 e. The van der Waals surface area contributed by atoms with Crippen molar-refractivity contribution in [3.63, 3.8) is 0 Å². The molecule has 0 aliphatic heterocycles. The van der Waals surface area contributed by atoms with E-state index in [2.05, 4.69) is 16.2 Å². The third kappa shape index (κ3) is 5.89. The number of benzene rings is 3. The van der Waals surface area contributed by atoms with Crippen molar-refractivity contribution in [3.05, 3.63) is 83.9 Å². The van der Waals surface area contributed by atoms with Gasteiger partial charge in [-0.05, 0) is 52.3 Å². The molecule has 0 saturated heterocycles. The number of rotatable bonds is 5. The quantitative estimate of drug-likeness (QED) is 0.336. The lowest BCUT2D eigenvalue weighted by Gasteiger charge is -2.11. The second kappa shape index (κ2) is 10.2. The van der Waals surface area contributed by atoms with Crippen LogP contribution in [0.2, 0.25) is 0 Å². The Morgan fingerprint density at radius 3 is 2.47 bits per heavy atom. The van der Waals surface area contributed by atoms with Gasteiger partial charge < -0.3 is 4.74 Å². The zero-order chi connectivity index (χ0) is 21.3. The van der Waals surface area contributed by atoms with Gasteiger partial charge in [-0.15, -0.1) is 0 Å². The van der Waals surface area contributed by atoms with Crippen molar-refractivity contribution >= 4 is 46.0 Å². The van der Waals surface area contributed by atoms with Crippen LogP contribution in [-0.2, 0) is 16.0 Å². The molecule has 152 valence electrons. The highest BCUT2D eigenvalue weighted by atomic mass is 32.1. The Morgan fingerprint density at radius 2 is 1.70 bits per heavy atom. The molecule has 3 N–H and O–H groups in total. The molecular weight excluding hydrogens is 398 g/mol. The maximum absolute atomic E-state index is 12.2. The predicted octanol–water partition coefficient (Wildman–Crippen LogP) is 3.13. The summed E-state index contributed by atoms with van der Waals surface area (Å²) >= 11 is 5.05. The van der Waals surface area contributed by atoms with Crippen LogP contribution in [0.15, 0.2) is 72.8 Å². The lowest BCUT2D eigenvalue weighted by atomic mass is 10.0. The Bertz CT molecular complexity index is 1090. The standard InChI is InChI=1S/C23H21N3O3S/c1-29-19-12-9-16(10-13-19)11-14-21(27)24-23(30)26-25-22(28)15-18-7-4-6-17-5-2-3-8-20(17)18/h2-14H,15H2,1H3,(H,25,28)(H2,24,26,27,30). The number of carbonyl (C=O) groups excluding carboxylic acids is 2. The molecule has 0 heterocycles. The third-order valence-corrected chi connectivity index (χ3v) is 4.53. The molecule has 3 rings (SSSR count). The monoisotopic (exact) mass is 419 g/mol. The molecule has 30 heavy (non-hydrogen) atoms. The van der Waals surface area contributed by atoms with Crippen molar-refractivity contribution in [2.45, 2.75) is 6.42 Å². The molecule has 0 radical (unpaired) electrons. The van der Waals surface area contributed by atoms with E-state index in [-0.39, 0.29) is 17.4 Å². The van der Waals surface area contributed by atoms with Gasteiger partial charge in [-0.3, -0.25) is 25.8 Å². The summed E-state index contributed by atoms with van der Waals surface area (Å²) in [6.07, 6.45) is 3.19. The fraction of sp³-hybridized carbons (Fsp3) is 0.0870.